The molecule has 1 N–H and O–H groups in total. The van der Waals surface area contributed by atoms with Crippen LogP contribution in [0.4, 0.5) is 0 Å². The van der Waals surface area contributed by atoms with Gasteiger partial charge in [-0.1, -0.05) is 30.3 Å². The van der Waals surface area contributed by atoms with E-state index < -0.39 is 9.84 Å². The fourth-order valence-corrected chi connectivity index (χ4v) is 4.86. The van der Waals surface area contributed by atoms with E-state index in [4.69, 9.17) is 0 Å². The second-order valence-corrected chi connectivity index (χ2v) is 7.48. The smallest absolute Gasteiger partial charge is 0.178 e. The van der Waals surface area contributed by atoms with Gasteiger partial charge in [-0.25, -0.2) is 8.42 Å². The number of sulfone groups is 1. The molecule has 2 heterocycles. The van der Waals surface area contributed by atoms with Gasteiger partial charge in [-0.3, -0.25) is 0 Å². The molecular weight excluding hydrogens is 270 g/mol. The molecule has 0 bridgehead atoms. The third-order valence-electron chi connectivity index (χ3n) is 4.27. The lowest BCUT2D eigenvalue weighted by molar-refractivity contribution is 0.600. The molecule has 102 valence electrons. The molecule has 0 saturated carbocycles. The zero-order valence-corrected chi connectivity index (χ0v) is 11.8. The molecule has 0 radical (unpaired) electrons. The van der Waals surface area contributed by atoms with Crippen LogP contribution in [-0.4, -0.2) is 14.2 Å². The van der Waals surface area contributed by atoms with E-state index in [1.54, 1.807) is 6.07 Å². The molecular formula is C16H15NO2S. The van der Waals surface area contributed by atoms with Crippen molar-refractivity contribution in [2.45, 2.75) is 24.4 Å². The van der Waals surface area contributed by atoms with Crippen molar-refractivity contribution in [2.24, 2.45) is 0 Å². The summed E-state index contributed by atoms with van der Waals surface area (Å²) in [5.41, 5.74) is 5.89. The first kappa shape index (κ1) is 12.1. The van der Waals surface area contributed by atoms with Crippen molar-refractivity contribution in [1.82, 2.24) is 5.32 Å². The first-order valence-corrected chi connectivity index (χ1v) is 8.48. The van der Waals surface area contributed by atoms with Crippen LogP contribution < -0.4 is 5.32 Å². The lowest BCUT2D eigenvalue weighted by atomic mass is 9.93. The molecule has 4 heteroatoms. The Hall–Kier alpha value is -1.65. The molecule has 0 atom stereocenters. The third-order valence-corrected chi connectivity index (χ3v) is 6.06. The Balaban J connectivity index is 1.98. The van der Waals surface area contributed by atoms with E-state index in [2.05, 4.69) is 23.5 Å². The van der Waals surface area contributed by atoms with Crippen molar-refractivity contribution >= 4 is 9.84 Å². The number of hydrogen-bond donors (Lipinski definition) is 1. The second-order valence-electron chi connectivity index (χ2n) is 5.40. The van der Waals surface area contributed by atoms with Crippen LogP contribution in [0.1, 0.15) is 16.7 Å². The number of hydrogen-bond acceptors (Lipinski definition) is 3. The minimum absolute atomic E-state index is 0.243. The van der Waals surface area contributed by atoms with Crippen LogP contribution >= 0.6 is 0 Å². The topological polar surface area (TPSA) is 46.2 Å². The van der Waals surface area contributed by atoms with E-state index in [0.29, 0.717) is 11.3 Å². The Bertz CT molecular complexity index is 809. The van der Waals surface area contributed by atoms with Crippen LogP contribution in [-0.2, 0) is 29.3 Å². The van der Waals surface area contributed by atoms with Crippen molar-refractivity contribution in [2.75, 3.05) is 5.75 Å². The molecule has 4 rings (SSSR count). The maximum Gasteiger partial charge on any atom is 0.178 e. The highest BCUT2D eigenvalue weighted by Gasteiger charge is 2.29. The summed E-state index contributed by atoms with van der Waals surface area (Å²) < 4.78 is 24.1. The highest BCUT2D eigenvalue weighted by molar-refractivity contribution is 7.91. The van der Waals surface area contributed by atoms with Gasteiger partial charge < -0.3 is 5.32 Å². The van der Waals surface area contributed by atoms with E-state index in [0.717, 1.165) is 24.2 Å². The molecule has 0 spiro atoms. The lowest BCUT2D eigenvalue weighted by Crippen LogP contribution is -2.00. The minimum atomic E-state index is -3.07. The van der Waals surface area contributed by atoms with Crippen molar-refractivity contribution < 1.29 is 8.42 Å². The van der Waals surface area contributed by atoms with Gasteiger partial charge in [0.15, 0.2) is 9.84 Å². The first-order valence-electron chi connectivity index (χ1n) is 6.83. The standard InChI is InChI=1S/C16H15NO2S/c18-20(19)8-7-14-12(5-2-6-16(14)20)13-4-1-3-11-9-17-10-15(11)13/h1-6,17H,7-10H2. The molecule has 2 aromatic carbocycles. The van der Waals surface area contributed by atoms with Crippen LogP contribution in [0.25, 0.3) is 11.1 Å². The summed E-state index contributed by atoms with van der Waals surface area (Å²) in [4.78, 5) is 0.526. The average Bonchev–Trinajstić information content (AvgIpc) is 3.03. The van der Waals surface area contributed by atoms with Crippen molar-refractivity contribution in [3.05, 3.63) is 53.1 Å². The maximum absolute atomic E-state index is 12.1. The molecule has 0 fully saturated rings. The van der Waals surface area contributed by atoms with Crippen molar-refractivity contribution in [1.29, 1.82) is 0 Å². The zero-order valence-electron chi connectivity index (χ0n) is 11.0. The Kier molecular flexibility index (Phi) is 2.53. The van der Waals surface area contributed by atoms with E-state index in [1.807, 2.05) is 12.1 Å². The number of nitrogens with one attached hydrogen (secondary N) is 1. The zero-order chi connectivity index (χ0) is 13.7. The van der Waals surface area contributed by atoms with Gasteiger partial charge in [0.05, 0.1) is 10.6 Å². The van der Waals surface area contributed by atoms with Crippen LogP contribution in [0.2, 0.25) is 0 Å². The van der Waals surface area contributed by atoms with E-state index in [9.17, 15) is 8.42 Å². The summed E-state index contributed by atoms with van der Waals surface area (Å²) in [6.07, 6.45) is 0.630. The third kappa shape index (κ3) is 1.65. The minimum Gasteiger partial charge on any atom is -0.309 e. The molecule has 0 saturated heterocycles. The largest absolute Gasteiger partial charge is 0.309 e. The van der Waals surface area contributed by atoms with E-state index in [-0.39, 0.29) is 5.75 Å². The summed E-state index contributed by atoms with van der Waals surface area (Å²) in [5.74, 6) is 0.243. The molecule has 0 aliphatic carbocycles. The van der Waals surface area contributed by atoms with Crippen LogP contribution in [0.5, 0.6) is 0 Å². The Morgan fingerprint density at radius 3 is 2.50 bits per heavy atom. The van der Waals surface area contributed by atoms with Gasteiger partial charge in [0.2, 0.25) is 0 Å². The maximum atomic E-state index is 12.1. The Morgan fingerprint density at radius 1 is 0.900 bits per heavy atom. The van der Waals surface area contributed by atoms with E-state index in [1.165, 1.54) is 16.7 Å². The summed E-state index contributed by atoms with van der Waals surface area (Å²) in [6, 6.07) is 11.9. The second kappa shape index (κ2) is 4.17. The lowest BCUT2D eigenvalue weighted by Gasteiger charge is -2.12. The normalized spacial score (nSPS) is 18.8. The van der Waals surface area contributed by atoms with Gasteiger partial charge in [0.1, 0.15) is 0 Å². The van der Waals surface area contributed by atoms with Crippen LogP contribution in [0.15, 0.2) is 41.3 Å². The average molecular weight is 285 g/mol. The Labute approximate surface area is 118 Å². The van der Waals surface area contributed by atoms with Gasteiger partial charge in [-0.15, -0.1) is 0 Å². The SMILES string of the molecule is O=S1(=O)CCc2c(-c3cccc4c3CNC4)cccc21. The van der Waals surface area contributed by atoms with Gasteiger partial charge in [0.25, 0.3) is 0 Å². The van der Waals surface area contributed by atoms with Gasteiger partial charge in [-0.05, 0) is 40.3 Å². The summed E-state index contributed by atoms with van der Waals surface area (Å²) in [6.45, 7) is 1.76. The van der Waals surface area contributed by atoms with E-state index >= 15 is 0 Å². The molecule has 0 amide bonds. The number of fused-ring (bicyclic) bond motifs is 2. The molecule has 0 unspecified atom stereocenters. The molecule has 2 aliphatic rings. The fourth-order valence-electron chi connectivity index (χ4n) is 3.30. The summed E-state index contributed by atoms with van der Waals surface area (Å²) >= 11 is 0. The predicted molar refractivity (Wildman–Crippen MR) is 78.2 cm³/mol. The fraction of sp³-hybridized carbons (Fsp3) is 0.250. The highest BCUT2D eigenvalue weighted by Crippen LogP contribution is 2.37. The van der Waals surface area contributed by atoms with Crippen LogP contribution in [0.3, 0.4) is 0 Å². The quantitative estimate of drug-likeness (QED) is 0.874. The van der Waals surface area contributed by atoms with Crippen LogP contribution in [0, 0.1) is 0 Å². The number of benzene rings is 2. The van der Waals surface area contributed by atoms with Gasteiger partial charge >= 0.3 is 0 Å². The van der Waals surface area contributed by atoms with Crippen molar-refractivity contribution in [3.63, 3.8) is 0 Å². The molecule has 3 nitrogen and oxygen atoms in total. The first-order chi connectivity index (χ1) is 9.67. The Morgan fingerprint density at radius 2 is 1.65 bits per heavy atom. The van der Waals surface area contributed by atoms with Gasteiger partial charge in [0, 0.05) is 13.1 Å². The number of rotatable bonds is 1. The van der Waals surface area contributed by atoms with Crippen molar-refractivity contribution in [3.8, 4) is 11.1 Å². The summed E-state index contributed by atoms with van der Waals surface area (Å²) in [5, 5.41) is 3.36. The molecule has 0 aromatic heterocycles. The molecule has 2 aliphatic heterocycles. The predicted octanol–water partition coefficient (Wildman–Crippen LogP) is 2.29. The van der Waals surface area contributed by atoms with Gasteiger partial charge in [-0.2, -0.15) is 0 Å². The molecule has 20 heavy (non-hydrogen) atoms. The molecule has 2 aromatic rings. The highest BCUT2D eigenvalue weighted by atomic mass is 32.2. The summed E-state index contributed by atoms with van der Waals surface area (Å²) in [7, 11) is -3.07. The monoisotopic (exact) mass is 285 g/mol.